The highest BCUT2D eigenvalue weighted by molar-refractivity contribution is 7.92. The Bertz CT molecular complexity index is 456. The largest absolute Gasteiger partial charge is 0.330 e. The van der Waals surface area contributed by atoms with Crippen LogP contribution in [-0.2, 0) is 16.4 Å². The van der Waals surface area contributed by atoms with Gasteiger partial charge in [-0.1, -0.05) is 25.2 Å². The number of nitrogens with zero attached hydrogens (tertiary/aromatic N) is 2. The van der Waals surface area contributed by atoms with Gasteiger partial charge >= 0.3 is 0 Å². The maximum atomic E-state index is 11.7. The lowest BCUT2D eigenvalue weighted by molar-refractivity contribution is 0.597. The molecule has 0 amide bonds. The quantitative estimate of drug-likeness (QED) is 0.702. The van der Waals surface area contributed by atoms with Crippen molar-refractivity contribution in [2.24, 2.45) is 11.7 Å². The summed E-state index contributed by atoms with van der Waals surface area (Å²) in [4.78, 5) is 0. The monoisotopic (exact) mass is 292 g/mol. The van der Waals surface area contributed by atoms with Gasteiger partial charge in [-0.25, -0.2) is 8.42 Å². The lowest BCUT2D eigenvalue weighted by atomic mass is 10.1. The first-order valence-corrected chi connectivity index (χ1v) is 8.43. The molecule has 0 aliphatic carbocycles. The average Bonchev–Trinajstić information content (AvgIpc) is 2.63. The number of sulfonamides is 1. The summed E-state index contributed by atoms with van der Waals surface area (Å²) in [6, 6.07) is 0. The zero-order valence-electron chi connectivity index (χ0n) is 10.7. The molecule has 104 valence electrons. The third kappa shape index (κ3) is 5.74. The van der Waals surface area contributed by atoms with Gasteiger partial charge in [0, 0.05) is 6.42 Å². The maximum absolute atomic E-state index is 11.7. The zero-order chi connectivity index (χ0) is 13.6. The summed E-state index contributed by atoms with van der Waals surface area (Å²) >= 11 is 1.29. The van der Waals surface area contributed by atoms with Crippen molar-refractivity contribution in [2.75, 3.05) is 17.0 Å². The molecule has 0 bridgehead atoms. The summed E-state index contributed by atoms with van der Waals surface area (Å²) in [6.45, 7) is 4.67. The van der Waals surface area contributed by atoms with Crippen LogP contribution in [0.25, 0.3) is 0 Å². The summed E-state index contributed by atoms with van der Waals surface area (Å²) in [5.41, 5.74) is 5.32. The summed E-state index contributed by atoms with van der Waals surface area (Å²) in [6.07, 6.45) is 2.08. The molecule has 0 radical (unpaired) electrons. The van der Waals surface area contributed by atoms with Crippen molar-refractivity contribution in [1.82, 2.24) is 10.2 Å². The smallest absolute Gasteiger partial charge is 0.234 e. The number of rotatable bonds is 8. The van der Waals surface area contributed by atoms with Gasteiger partial charge in [-0.05, 0) is 25.3 Å². The highest BCUT2D eigenvalue weighted by Gasteiger charge is 2.13. The molecule has 1 aromatic rings. The number of nitrogens with one attached hydrogen (secondary N) is 1. The van der Waals surface area contributed by atoms with Crippen LogP contribution >= 0.6 is 11.3 Å². The predicted octanol–water partition coefficient (Wildman–Crippen LogP) is 1.22. The van der Waals surface area contributed by atoms with Crippen LogP contribution in [0.1, 0.15) is 31.7 Å². The number of aromatic nitrogens is 2. The topological polar surface area (TPSA) is 98.0 Å². The van der Waals surface area contributed by atoms with Crippen molar-refractivity contribution in [3.63, 3.8) is 0 Å². The molecule has 0 aliphatic rings. The number of hydrogen-bond acceptors (Lipinski definition) is 6. The van der Waals surface area contributed by atoms with E-state index in [0.717, 1.165) is 11.4 Å². The van der Waals surface area contributed by atoms with Crippen LogP contribution in [0.4, 0.5) is 5.13 Å². The lowest BCUT2D eigenvalue weighted by Gasteiger charge is -2.03. The number of nitrogens with two attached hydrogens (primary N) is 1. The van der Waals surface area contributed by atoms with Crippen LogP contribution in [0.15, 0.2) is 0 Å². The summed E-state index contributed by atoms with van der Waals surface area (Å²) in [5.74, 6) is 0.551. The minimum Gasteiger partial charge on any atom is -0.330 e. The zero-order valence-corrected chi connectivity index (χ0v) is 12.4. The van der Waals surface area contributed by atoms with Crippen LogP contribution < -0.4 is 10.5 Å². The molecule has 0 aromatic carbocycles. The molecule has 0 saturated heterocycles. The van der Waals surface area contributed by atoms with Crippen LogP contribution in [-0.4, -0.2) is 30.9 Å². The Labute approximate surface area is 112 Å². The molecule has 6 nitrogen and oxygen atoms in total. The second-order valence-electron chi connectivity index (χ2n) is 4.52. The van der Waals surface area contributed by atoms with E-state index in [4.69, 9.17) is 5.73 Å². The Morgan fingerprint density at radius 3 is 2.67 bits per heavy atom. The normalized spacial score (nSPS) is 12.0. The van der Waals surface area contributed by atoms with Gasteiger partial charge in [-0.3, -0.25) is 4.72 Å². The Hall–Kier alpha value is -0.730. The third-order valence-electron chi connectivity index (χ3n) is 2.16. The lowest BCUT2D eigenvalue weighted by Crippen LogP contribution is -2.17. The average molecular weight is 292 g/mol. The van der Waals surface area contributed by atoms with Crippen molar-refractivity contribution < 1.29 is 8.42 Å². The Kier molecular flexibility index (Phi) is 5.97. The molecule has 1 heterocycles. The fraction of sp³-hybridized carbons (Fsp3) is 0.800. The van der Waals surface area contributed by atoms with E-state index in [1.807, 2.05) is 0 Å². The van der Waals surface area contributed by atoms with E-state index in [1.165, 1.54) is 11.3 Å². The van der Waals surface area contributed by atoms with Gasteiger partial charge in [0.1, 0.15) is 5.01 Å². The van der Waals surface area contributed by atoms with Crippen LogP contribution in [0.3, 0.4) is 0 Å². The molecular weight excluding hydrogens is 272 g/mol. The van der Waals surface area contributed by atoms with Crippen molar-refractivity contribution in [2.45, 2.75) is 33.1 Å². The Morgan fingerprint density at radius 2 is 2.06 bits per heavy atom. The molecular formula is C10H20N4O2S2. The van der Waals surface area contributed by atoms with Crippen molar-refractivity contribution in [1.29, 1.82) is 0 Å². The van der Waals surface area contributed by atoms with E-state index in [1.54, 1.807) is 0 Å². The summed E-state index contributed by atoms with van der Waals surface area (Å²) < 4.78 is 25.8. The predicted molar refractivity (Wildman–Crippen MR) is 74.1 cm³/mol. The molecule has 0 aliphatic heterocycles. The molecule has 0 saturated carbocycles. The molecule has 3 N–H and O–H groups in total. The number of anilines is 1. The van der Waals surface area contributed by atoms with E-state index < -0.39 is 10.0 Å². The second-order valence-corrected chi connectivity index (χ2v) is 7.42. The minimum absolute atomic E-state index is 0.0727. The molecule has 0 fully saturated rings. The van der Waals surface area contributed by atoms with Crippen molar-refractivity contribution >= 4 is 26.5 Å². The van der Waals surface area contributed by atoms with Crippen LogP contribution in [0.5, 0.6) is 0 Å². The molecule has 8 heteroatoms. The first-order valence-electron chi connectivity index (χ1n) is 5.96. The Morgan fingerprint density at radius 1 is 1.33 bits per heavy atom. The van der Waals surface area contributed by atoms with Crippen LogP contribution in [0.2, 0.25) is 0 Å². The molecule has 18 heavy (non-hydrogen) atoms. The van der Waals surface area contributed by atoms with E-state index in [0.29, 0.717) is 30.4 Å². The van der Waals surface area contributed by atoms with Gasteiger partial charge in [0.05, 0.1) is 5.75 Å². The molecule has 0 spiro atoms. The maximum Gasteiger partial charge on any atom is 0.234 e. The fourth-order valence-corrected chi connectivity index (χ4v) is 3.69. The Balaban J connectivity index is 2.53. The van der Waals surface area contributed by atoms with Gasteiger partial charge in [-0.15, -0.1) is 10.2 Å². The third-order valence-corrected chi connectivity index (χ3v) is 4.48. The van der Waals surface area contributed by atoms with Crippen LogP contribution in [0, 0.1) is 5.92 Å². The van der Waals surface area contributed by atoms with E-state index in [2.05, 4.69) is 28.8 Å². The summed E-state index contributed by atoms with van der Waals surface area (Å²) in [7, 11) is -3.32. The highest BCUT2D eigenvalue weighted by atomic mass is 32.2. The molecule has 0 atom stereocenters. The molecule has 1 rings (SSSR count). The van der Waals surface area contributed by atoms with Gasteiger partial charge in [0.2, 0.25) is 15.2 Å². The molecule has 1 aromatic heterocycles. The standard InChI is InChI=1S/C10H20N4O2S2/c1-8(2)7-9-12-13-10(17-9)14-18(15,16)6-4-3-5-11/h8H,3-7,11H2,1-2H3,(H,13,14). The van der Waals surface area contributed by atoms with E-state index >= 15 is 0 Å². The van der Waals surface area contributed by atoms with Gasteiger partial charge in [0.25, 0.3) is 0 Å². The number of unbranched alkanes of at least 4 members (excludes halogenated alkanes) is 1. The fourth-order valence-electron chi connectivity index (χ4n) is 1.35. The summed E-state index contributed by atoms with van der Waals surface area (Å²) in [5, 5.41) is 8.99. The second kappa shape index (κ2) is 7.01. The molecule has 0 unspecified atom stereocenters. The van der Waals surface area contributed by atoms with Gasteiger partial charge in [-0.2, -0.15) is 0 Å². The minimum atomic E-state index is -3.32. The highest BCUT2D eigenvalue weighted by Crippen LogP contribution is 2.19. The van der Waals surface area contributed by atoms with Crippen molar-refractivity contribution in [3.05, 3.63) is 5.01 Å². The van der Waals surface area contributed by atoms with Crippen molar-refractivity contribution in [3.8, 4) is 0 Å². The SMILES string of the molecule is CC(C)Cc1nnc(NS(=O)(=O)CCCCN)s1. The van der Waals surface area contributed by atoms with E-state index in [-0.39, 0.29) is 5.75 Å². The van der Waals surface area contributed by atoms with Gasteiger partial charge in [0.15, 0.2) is 0 Å². The first-order chi connectivity index (χ1) is 8.43. The first kappa shape index (κ1) is 15.3. The number of hydrogen-bond donors (Lipinski definition) is 2. The van der Waals surface area contributed by atoms with E-state index in [9.17, 15) is 8.42 Å². The van der Waals surface area contributed by atoms with Gasteiger partial charge < -0.3 is 5.73 Å².